The van der Waals surface area contributed by atoms with E-state index in [9.17, 15) is 18.0 Å². The number of halogens is 3. The number of hydrogen-bond acceptors (Lipinski definition) is 3. The predicted molar refractivity (Wildman–Crippen MR) is 93.2 cm³/mol. The first-order chi connectivity index (χ1) is 12.0. The summed E-state index contributed by atoms with van der Waals surface area (Å²) in [4.78, 5) is 13.6. The van der Waals surface area contributed by atoms with Crippen LogP contribution < -0.4 is 5.32 Å². The molecular formula is C19H25F3N2O2. The van der Waals surface area contributed by atoms with Gasteiger partial charge in [0.2, 0.25) is 0 Å². The summed E-state index contributed by atoms with van der Waals surface area (Å²) < 4.78 is 44.2. The second-order valence-electron chi connectivity index (χ2n) is 8.34. The number of amides is 1. The summed E-state index contributed by atoms with van der Waals surface area (Å²) in [6, 6.07) is 7.43. The molecule has 1 heterocycles. The number of carbonyl (C=O) groups excluding carboxylic acids is 1. The average Bonchev–Trinajstić information content (AvgIpc) is 3.23. The Morgan fingerprint density at radius 2 is 1.77 bits per heavy atom. The Hall–Kier alpha value is -1.92. The largest absolute Gasteiger partial charge is 0.444 e. The number of likely N-dealkylation sites (tertiary alicyclic amines) is 1. The third kappa shape index (κ3) is 4.07. The molecular weight excluding hydrogens is 345 g/mol. The van der Waals surface area contributed by atoms with Crippen molar-refractivity contribution in [1.82, 2.24) is 4.90 Å². The molecule has 0 radical (unpaired) electrons. The molecule has 2 aliphatic rings. The number of ether oxygens (including phenoxy) is 1. The van der Waals surface area contributed by atoms with Crippen molar-refractivity contribution >= 4 is 11.8 Å². The second kappa shape index (κ2) is 6.35. The van der Waals surface area contributed by atoms with Crippen LogP contribution in [0.15, 0.2) is 24.3 Å². The van der Waals surface area contributed by atoms with Gasteiger partial charge in [0.1, 0.15) is 5.60 Å². The minimum absolute atomic E-state index is 0.0777. The SMILES string of the molecule is CC(C)(C)OC(=O)N1CC(c2ccc(NCC3(C(F)(F)F)CC3)cc2)C1. The van der Waals surface area contributed by atoms with E-state index in [2.05, 4.69) is 5.32 Å². The van der Waals surface area contributed by atoms with Gasteiger partial charge in [-0.05, 0) is 51.3 Å². The fraction of sp³-hybridized carbons (Fsp3) is 0.632. The molecule has 0 atom stereocenters. The van der Waals surface area contributed by atoms with Crippen LogP contribution in [0.1, 0.15) is 45.1 Å². The molecule has 1 aliphatic heterocycles. The Balaban J connectivity index is 1.48. The van der Waals surface area contributed by atoms with Crippen molar-refractivity contribution in [2.24, 2.45) is 5.41 Å². The van der Waals surface area contributed by atoms with E-state index in [1.165, 1.54) is 0 Å². The maximum absolute atomic E-state index is 12.9. The van der Waals surface area contributed by atoms with Gasteiger partial charge in [-0.15, -0.1) is 0 Å². The third-order valence-corrected chi connectivity index (χ3v) is 5.00. The molecule has 4 nitrogen and oxygen atoms in total. The van der Waals surface area contributed by atoms with Crippen LogP contribution in [0.3, 0.4) is 0 Å². The van der Waals surface area contributed by atoms with Gasteiger partial charge in [0.05, 0.1) is 5.41 Å². The van der Waals surface area contributed by atoms with Crippen LogP contribution in [0.25, 0.3) is 0 Å². The number of alkyl halides is 3. The summed E-state index contributed by atoms with van der Waals surface area (Å²) >= 11 is 0. The van der Waals surface area contributed by atoms with Crippen LogP contribution in [-0.2, 0) is 4.74 Å². The molecule has 1 saturated heterocycles. The predicted octanol–water partition coefficient (Wildman–Crippen LogP) is 4.78. The molecule has 7 heteroatoms. The van der Waals surface area contributed by atoms with E-state index in [1.54, 1.807) is 17.0 Å². The molecule has 26 heavy (non-hydrogen) atoms. The van der Waals surface area contributed by atoms with Crippen molar-refractivity contribution in [2.45, 2.75) is 51.3 Å². The lowest BCUT2D eigenvalue weighted by Crippen LogP contribution is -2.50. The van der Waals surface area contributed by atoms with Gasteiger partial charge in [-0.25, -0.2) is 4.79 Å². The van der Waals surface area contributed by atoms with Crippen molar-refractivity contribution in [3.8, 4) is 0 Å². The molecule has 1 aromatic carbocycles. The van der Waals surface area contributed by atoms with Crippen molar-refractivity contribution in [3.05, 3.63) is 29.8 Å². The summed E-state index contributed by atoms with van der Waals surface area (Å²) in [6.45, 7) is 6.61. The van der Waals surface area contributed by atoms with Gasteiger partial charge in [-0.3, -0.25) is 0 Å². The summed E-state index contributed by atoms with van der Waals surface area (Å²) in [5.41, 5.74) is -0.293. The molecule has 1 aliphatic carbocycles. The molecule has 0 bridgehead atoms. The van der Waals surface area contributed by atoms with E-state index >= 15 is 0 Å². The molecule has 1 saturated carbocycles. The highest BCUT2D eigenvalue weighted by molar-refractivity contribution is 5.69. The van der Waals surface area contributed by atoms with Crippen LogP contribution in [0.5, 0.6) is 0 Å². The average molecular weight is 370 g/mol. The highest BCUT2D eigenvalue weighted by Crippen LogP contribution is 2.57. The maximum Gasteiger partial charge on any atom is 0.410 e. The maximum atomic E-state index is 12.9. The lowest BCUT2D eigenvalue weighted by atomic mass is 9.92. The lowest BCUT2D eigenvalue weighted by Gasteiger charge is -2.40. The Kier molecular flexibility index (Phi) is 4.61. The van der Waals surface area contributed by atoms with Crippen molar-refractivity contribution in [1.29, 1.82) is 0 Å². The molecule has 1 amide bonds. The number of rotatable bonds is 4. The fourth-order valence-electron chi connectivity index (χ4n) is 3.02. The zero-order valence-electron chi connectivity index (χ0n) is 15.3. The van der Waals surface area contributed by atoms with Gasteiger partial charge in [-0.2, -0.15) is 13.2 Å². The fourth-order valence-corrected chi connectivity index (χ4v) is 3.02. The molecule has 0 aromatic heterocycles. The molecule has 2 fully saturated rings. The van der Waals surface area contributed by atoms with E-state index in [0.717, 1.165) is 5.56 Å². The smallest absolute Gasteiger partial charge is 0.410 e. The summed E-state index contributed by atoms with van der Waals surface area (Å²) in [7, 11) is 0. The van der Waals surface area contributed by atoms with Gasteiger partial charge in [0.15, 0.2) is 0 Å². The van der Waals surface area contributed by atoms with Crippen molar-refractivity contribution in [3.63, 3.8) is 0 Å². The monoisotopic (exact) mass is 370 g/mol. The number of anilines is 1. The Labute approximate surface area is 151 Å². The first-order valence-corrected chi connectivity index (χ1v) is 8.88. The van der Waals surface area contributed by atoms with Crippen LogP contribution in [0, 0.1) is 5.41 Å². The normalized spacial score (nSPS) is 19.7. The standard InChI is InChI=1S/C19H25F3N2O2/c1-17(2,3)26-16(25)24-10-14(11-24)13-4-6-15(7-5-13)23-12-18(8-9-18)19(20,21)22/h4-7,14,23H,8-12H2,1-3H3. The molecule has 0 spiro atoms. The molecule has 0 unspecified atom stereocenters. The number of hydrogen-bond donors (Lipinski definition) is 1. The van der Waals surface area contributed by atoms with Crippen LogP contribution in [-0.4, -0.2) is 42.4 Å². The van der Waals surface area contributed by atoms with Gasteiger partial charge in [-0.1, -0.05) is 12.1 Å². The lowest BCUT2D eigenvalue weighted by molar-refractivity contribution is -0.182. The van der Waals surface area contributed by atoms with Gasteiger partial charge >= 0.3 is 12.3 Å². The van der Waals surface area contributed by atoms with Crippen LogP contribution in [0.2, 0.25) is 0 Å². The van der Waals surface area contributed by atoms with Gasteiger partial charge < -0.3 is 15.0 Å². The first kappa shape index (κ1) is 18.9. The third-order valence-electron chi connectivity index (χ3n) is 5.00. The van der Waals surface area contributed by atoms with E-state index in [1.807, 2.05) is 32.9 Å². The summed E-state index contributed by atoms with van der Waals surface area (Å²) in [5, 5.41) is 2.90. The van der Waals surface area contributed by atoms with Gasteiger partial charge in [0.25, 0.3) is 0 Å². The zero-order valence-corrected chi connectivity index (χ0v) is 15.3. The van der Waals surface area contributed by atoms with E-state index in [0.29, 0.717) is 18.8 Å². The molecule has 3 rings (SSSR count). The van der Waals surface area contributed by atoms with Crippen molar-refractivity contribution < 1.29 is 22.7 Å². The summed E-state index contributed by atoms with van der Waals surface area (Å²) in [5.74, 6) is 0.238. The highest BCUT2D eigenvalue weighted by Gasteiger charge is 2.62. The van der Waals surface area contributed by atoms with Crippen molar-refractivity contribution in [2.75, 3.05) is 25.0 Å². The quantitative estimate of drug-likeness (QED) is 0.830. The van der Waals surface area contributed by atoms with Crippen LogP contribution >= 0.6 is 0 Å². The molecule has 1 aromatic rings. The van der Waals surface area contributed by atoms with E-state index in [4.69, 9.17) is 4.74 Å². The first-order valence-electron chi connectivity index (χ1n) is 8.88. The number of nitrogens with one attached hydrogen (secondary N) is 1. The number of benzene rings is 1. The Morgan fingerprint density at radius 3 is 2.23 bits per heavy atom. The zero-order chi connectivity index (χ0) is 19.2. The van der Waals surface area contributed by atoms with E-state index < -0.39 is 17.2 Å². The minimum atomic E-state index is -4.14. The number of nitrogens with zero attached hydrogens (tertiary/aromatic N) is 1. The second-order valence-corrected chi connectivity index (χ2v) is 8.34. The summed E-state index contributed by atoms with van der Waals surface area (Å²) in [6.07, 6.45) is -4.06. The van der Waals surface area contributed by atoms with E-state index in [-0.39, 0.29) is 31.4 Å². The van der Waals surface area contributed by atoms with Gasteiger partial charge in [0, 0.05) is 31.2 Å². The Bertz CT molecular complexity index is 655. The highest BCUT2D eigenvalue weighted by atomic mass is 19.4. The Morgan fingerprint density at radius 1 is 1.19 bits per heavy atom. The topological polar surface area (TPSA) is 41.6 Å². The minimum Gasteiger partial charge on any atom is -0.444 e. The molecule has 1 N–H and O–H groups in total. The van der Waals surface area contributed by atoms with Crippen LogP contribution in [0.4, 0.5) is 23.7 Å². The molecule has 144 valence electrons. The number of carbonyl (C=O) groups is 1.